The van der Waals surface area contributed by atoms with Gasteiger partial charge in [-0.1, -0.05) is 28.1 Å². The molecule has 0 saturated heterocycles. The van der Waals surface area contributed by atoms with Crippen LogP contribution in [-0.2, 0) is 17.7 Å². The van der Waals surface area contributed by atoms with Crippen LogP contribution in [-0.4, -0.2) is 23.6 Å². The minimum Gasteiger partial charge on any atom is -0.453 e. The number of hydrogen-bond donors (Lipinski definition) is 0. The maximum absolute atomic E-state index is 11.8. The maximum Gasteiger partial charge on any atom is 0.410 e. The Morgan fingerprint density at radius 2 is 2.18 bits per heavy atom. The normalized spacial score (nSPS) is 17.5. The molecule has 1 amide bonds. The number of halogens is 1. The van der Waals surface area contributed by atoms with Crippen LogP contribution in [0.4, 0.5) is 4.79 Å². The second-order valence-corrected chi connectivity index (χ2v) is 5.78. The second kappa shape index (κ2) is 4.33. The van der Waals surface area contributed by atoms with E-state index < -0.39 is 0 Å². The zero-order valence-electron chi connectivity index (χ0n) is 10.3. The van der Waals surface area contributed by atoms with Crippen molar-refractivity contribution in [1.82, 2.24) is 4.90 Å². The summed E-state index contributed by atoms with van der Waals surface area (Å²) in [6.07, 6.45) is 0.577. The molecule has 1 aliphatic rings. The molecule has 1 aromatic rings. The van der Waals surface area contributed by atoms with Gasteiger partial charge in [0, 0.05) is 10.0 Å². The molecule has 1 aromatic carbocycles. The molecule has 0 aliphatic carbocycles. The lowest BCUT2D eigenvalue weighted by atomic mass is 9.86. The highest BCUT2D eigenvalue weighted by Crippen LogP contribution is 2.34. The van der Waals surface area contributed by atoms with E-state index in [1.54, 1.807) is 4.90 Å². The molecule has 0 fully saturated rings. The van der Waals surface area contributed by atoms with Crippen molar-refractivity contribution in [1.29, 1.82) is 0 Å². The first-order valence-electron chi connectivity index (χ1n) is 5.57. The van der Waals surface area contributed by atoms with Crippen LogP contribution < -0.4 is 0 Å². The third-order valence-corrected chi connectivity index (χ3v) is 4.02. The number of amides is 1. The van der Waals surface area contributed by atoms with Crippen molar-refractivity contribution in [2.24, 2.45) is 0 Å². The van der Waals surface area contributed by atoms with Gasteiger partial charge in [-0.05, 0) is 37.5 Å². The van der Waals surface area contributed by atoms with E-state index in [4.69, 9.17) is 4.74 Å². The third-order valence-electron chi connectivity index (χ3n) is 3.28. The summed E-state index contributed by atoms with van der Waals surface area (Å²) in [5, 5.41) is 0. The van der Waals surface area contributed by atoms with Crippen LogP contribution in [0.1, 0.15) is 25.0 Å². The average Bonchev–Trinajstić information content (AvgIpc) is 2.26. The van der Waals surface area contributed by atoms with Gasteiger partial charge in [0.25, 0.3) is 0 Å². The maximum atomic E-state index is 11.8. The molecule has 0 saturated carbocycles. The van der Waals surface area contributed by atoms with E-state index >= 15 is 0 Å². The van der Waals surface area contributed by atoms with Crippen molar-refractivity contribution in [3.05, 3.63) is 33.8 Å². The van der Waals surface area contributed by atoms with Crippen molar-refractivity contribution >= 4 is 22.0 Å². The van der Waals surface area contributed by atoms with Crippen LogP contribution in [0.5, 0.6) is 0 Å². The molecule has 0 unspecified atom stereocenters. The molecule has 0 atom stereocenters. The van der Waals surface area contributed by atoms with Crippen molar-refractivity contribution in [2.45, 2.75) is 32.4 Å². The highest BCUT2D eigenvalue weighted by molar-refractivity contribution is 9.10. The van der Waals surface area contributed by atoms with Gasteiger partial charge >= 0.3 is 6.09 Å². The van der Waals surface area contributed by atoms with Gasteiger partial charge in [-0.25, -0.2) is 4.79 Å². The van der Waals surface area contributed by atoms with E-state index in [2.05, 4.69) is 35.8 Å². The van der Waals surface area contributed by atoms with Crippen molar-refractivity contribution in [3.63, 3.8) is 0 Å². The molecular weight excluding hydrogens is 282 g/mol. The number of nitrogens with zero attached hydrogens (tertiary/aromatic N) is 1. The predicted octanol–water partition coefficient (Wildman–Crippen LogP) is 3.35. The minimum absolute atomic E-state index is 0.207. The van der Waals surface area contributed by atoms with Crippen LogP contribution in [0.2, 0.25) is 0 Å². The number of rotatable bonds is 0. The topological polar surface area (TPSA) is 29.5 Å². The summed E-state index contributed by atoms with van der Waals surface area (Å²) in [5.74, 6) is 0. The summed E-state index contributed by atoms with van der Waals surface area (Å²) in [4.78, 5) is 13.6. The standard InChI is InChI=1S/C13H16BrNO2/c1-13(2)7-9-5-4-6-11(14)10(9)8-15(13)12(16)17-3/h4-6H,7-8H2,1-3H3. The number of carbonyl (C=O) groups excluding carboxylic acids is 1. The van der Waals surface area contributed by atoms with Crippen LogP contribution in [0.25, 0.3) is 0 Å². The number of methoxy groups -OCH3 is 1. The summed E-state index contributed by atoms with van der Waals surface area (Å²) in [6.45, 7) is 4.72. The SMILES string of the molecule is COC(=O)N1Cc2c(Br)cccc2CC1(C)C. The van der Waals surface area contributed by atoms with Crippen molar-refractivity contribution < 1.29 is 9.53 Å². The van der Waals surface area contributed by atoms with Gasteiger partial charge in [0.05, 0.1) is 13.7 Å². The first-order chi connectivity index (χ1) is 7.95. The molecule has 0 radical (unpaired) electrons. The lowest BCUT2D eigenvalue weighted by molar-refractivity contribution is 0.0655. The van der Waals surface area contributed by atoms with Gasteiger partial charge < -0.3 is 4.74 Å². The smallest absolute Gasteiger partial charge is 0.410 e. The van der Waals surface area contributed by atoms with Crippen molar-refractivity contribution in [2.75, 3.05) is 7.11 Å². The van der Waals surface area contributed by atoms with E-state index in [0.29, 0.717) is 6.54 Å². The minimum atomic E-state index is -0.267. The Hall–Kier alpha value is -1.03. The fraction of sp³-hybridized carbons (Fsp3) is 0.462. The monoisotopic (exact) mass is 297 g/mol. The van der Waals surface area contributed by atoms with E-state index in [-0.39, 0.29) is 11.6 Å². The quantitative estimate of drug-likeness (QED) is 0.735. The number of hydrogen-bond acceptors (Lipinski definition) is 2. The summed E-state index contributed by atoms with van der Waals surface area (Å²) in [5.41, 5.74) is 2.27. The summed E-state index contributed by atoms with van der Waals surface area (Å²) in [7, 11) is 1.42. The largest absolute Gasteiger partial charge is 0.453 e. The second-order valence-electron chi connectivity index (χ2n) is 4.92. The Balaban J connectivity index is 2.42. The van der Waals surface area contributed by atoms with E-state index in [1.807, 2.05) is 12.1 Å². The molecule has 0 aromatic heterocycles. The number of ether oxygens (including phenoxy) is 1. The molecule has 92 valence electrons. The van der Waals surface area contributed by atoms with E-state index in [0.717, 1.165) is 10.9 Å². The lowest BCUT2D eigenvalue weighted by Crippen LogP contribution is -2.51. The van der Waals surface area contributed by atoms with Crippen molar-refractivity contribution in [3.8, 4) is 0 Å². The van der Waals surface area contributed by atoms with Gasteiger partial charge in [0.1, 0.15) is 0 Å². The van der Waals surface area contributed by atoms with Gasteiger partial charge in [-0.2, -0.15) is 0 Å². The molecular formula is C13H16BrNO2. The van der Waals surface area contributed by atoms with Gasteiger partial charge in [0.15, 0.2) is 0 Å². The first kappa shape index (κ1) is 12.4. The molecule has 0 spiro atoms. The zero-order chi connectivity index (χ0) is 12.6. The Morgan fingerprint density at radius 3 is 2.82 bits per heavy atom. The van der Waals surface area contributed by atoms with Crippen LogP contribution in [0.15, 0.2) is 22.7 Å². The molecule has 1 aliphatic heterocycles. The fourth-order valence-electron chi connectivity index (χ4n) is 2.30. The Kier molecular flexibility index (Phi) is 3.17. The molecule has 17 heavy (non-hydrogen) atoms. The van der Waals surface area contributed by atoms with Crippen LogP contribution in [0.3, 0.4) is 0 Å². The van der Waals surface area contributed by atoms with Gasteiger partial charge in [0.2, 0.25) is 0 Å². The molecule has 2 rings (SSSR count). The molecule has 0 bridgehead atoms. The summed E-state index contributed by atoms with van der Waals surface area (Å²) < 4.78 is 5.91. The highest BCUT2D eigenvalue weighted by Gasteiger charge is 2.37. The number of fused-ring (bicyclic) bond motifs is 1. The van der Waals surface area contributed by atoms with E-state index in [1.165, 1.54) is 18.2 Å². The van der Waals surface area contributed by atoms with Crippen LogP contribution >= 0.6 is 15.9 Å². The first-order valence-corrected chi connectivity index (χ1v) is 6.37. The third kappa shape index (κ3) is 2.18. The van der Waals surface area contributed by atoms with E-state index in [9.17, 15) is 4.79 Å². The number of carbonyl (C=O) groups is 1. The molecule has 4 heteroatoms. The predicted molar refractivity (Wildman–Crippen MR) is 69.9 cm³/mol. The molecule has 3 nitrogen and oxygen atoms in total. The summed E-state index contributed by atoms with van der Waals surface area (Å²) >= 11 is 3.54. The van der Waals surface area contributed by atoms with Gasteiger partial charge in [-0.3, -0.25) is 4.90 Å². The molecule has 1 heterocycles. The lowest BCUT2D eigenvalue weighted by Gasteiger charge is -2.42. The Labute approximate surface area is 110 Å². The fourth-order valence-corrected chi connectivity index (χ4v) is 2.83. The Bertz CT molecular complexity index is 457. The average molecular weight is 298 g/mol. The van der Waals surface area contributed by atoms with Gasteiger partial charge in [-0.15, -0.1) is 0 Å². The summed E-state index contributed by atoms with van der Waals surface area (Å²) in [6, 6.07) is 6.16. The highest BCUT2D eigenvalue weighted by atomic mass is 79.9. The van der Waals surface area contributed by atoms with Crippen LogP contribution in [0, 0.1) is 0 Å². The number of benzene rings is 1. The zero-order valence-corrected chi connectivity index (χ0v) is 11.9. The Morgan fingerprint density at radius 1 is 1.47 bits per heavy atom. The molecule has 0 N–H and O–H groups in total.